The number of piperidine rings is 2. The lowest BCUT2D eigenvalue weighted by molar-refractivity contribution is -0.119. The molecule has 2 N–H and O–H groups in total. The lowest BCUT2D eigenvalue weighted by atomic mass is 9.83. The first-order valence-corrected chi connectivity index (χ1v) is 12.5. The van der Waals surface area contributed by atoms with Crippen LogP contribution >= 0.6 is 11.8 Å². The first kappa shape index (κ1) is 22.9. The maximum absolute atomic E-state index is 12.5. The fourth-order valence-corrected chi connectivity index (χ4v) is 5.65. The zero-order valence-electron chi connectivity index (χ0n) is 18.8. The Morgan fingerprint density at radius 2 is 1.97 bits per heavy atom. The van der Waals surface area contributed by atoms with Crippen LogP contribution in [0.2, 0.25) is 0 Å². The van der Waals surface area contributed by atoms with Crippen molar-refractivity contribution in [3.63, 3.8) is 0 Å². The number of amides is 1. The molecule has 9 heteroatoms. The van der Waals surface area contributed by atoms with Gasteiger partial charge in [-0.25, -0.2) is 4.98 Å². The van der Waals surface area contributed by atoms with Crippen LogP contribution in [-0.2, 0) is 10.5 Å². The van der Waals surface area contributed by atoms with Gasteiger partial charge in [0.2, 0.25) is 5.91 Å². The molecule has 0 radical (unpaired) electrons. The molecule has 0 spiro atoms. The number of methoxy groups -OCH3 is 2. The minimum atomic E-state index is -0.231. The van der Waals surface area contributed by atoms with Gasteiger partial charge in [-0.1, -0.05) is 6.42 Å². The van der Waals surface area contributed by atoms with Crippen LogP contribution in [-0.4, -0.2) is 66.4 Å². The summed E-state index contributed by atoms with van der Waals surface area (Å²) in [5.41, 5.74) is 0.311. The van der Waals surface area contributed by atoms with Gasteiger partial charge in [0.05, 0.1) is 36.6 Å². The third kappa shape index (κ3) is 5.20. The average molecular weight is 461 g/mol. The molecule has 1 aromatic heterocycles. The molecule has 2 saturated heterocycles. The molecule has 0 bridgehead atoms. The van der Waals surface area contributed by atoms with Crippen LogP contribution < -0.4 is 20.3 Å². The number of nitrogens with zero attached hydrogens (tertiary/aromatic N) is 2. The monoisotopic (exact) mass is 460 g/mol. The van der Waals surface area contributed by atoms with Gasteiger partial charge >= 0.3 is 0 Å². The first-order valence-electron chi connectivity index (χ1n) is 11.3. The van der Waals surface area contributed by atoms with E-state index in [0.717, 1.165) is 6.54 Å². The third-order valence-corrected chi connectivity index (χ3v) is 7.47. The predicted molar refractivity (Wildman–Crippen MR) is 127 cm³/mol. The summed E-state index contributed by atoms with van der Waals surface area (Å²) in [5.74, 6) is 2.94. The van der Waals surface area contributed by atoms with Crippen molar-refractivity contribution < 1.29 is 14.3 Å². The largest absolute Gasteiger partial charge is 0.493 e. The Hall–Kier alpha value is -2.26. The fourth-order valence-electron chi connectivity index (χ4n) is 4.93. The predicted octanol–water partition coefficient (Wildman–Crippen LogP) is 2.55. The molecule has 1 amide bonds. The summed E-state index contributed by atoms with van der Waals surface area (Å²) in [6.07, 6.45) is 6.29. The first-order chi connectivity index (χ1) is 15.6. The second-order valence-electron chi connectivity index (χ2n) is 8.54. The standard InChI is InChI=1S/C23H32N4O4S/c1-30-19-10-16-17(11-20(19)31-2)25-21(26-23(16)29)13-32-14-22(28)24-12-15-6-5-9-27-8-4-3-7-18(15)27/h10-11,15,18H,3-9,12-14H2,1-2H3,(H,24,28)(H,25,26,29)/t15-,18-/m1/s1. The Balaban J connectivity index is 1.30. The number of thioether (sulfide) groups is 1. The number of hydrogen-bond donors (Lipinski definition) is 2. The van der Waals surface area contributed by atoms with Crippen LogP contribution in [0.25, 0.3) is 10.9 Å². The Kier molecular flexibility index (Phi) is 7.57. The van der Waals surface area contributed by atoms with E-state index in [0.29, 0.717) is 51.7 Å². The van der Waals surface area contributed by atoms with Gasteiger partial charge in [0.25, 0.3) is 5.56 Å². The van der Waals surface area contributed by atoms with Crippen LogP contribution in [0, 0.1) is 5.92 Å². The van der Waals surface area contributed by atoms with E-state index in [4.69, 9.17) is 9.47 Å². The van der Waals surface area contributed by atoms with Gasteiger partial charge in [-0.05, 0) is 50.8 Å². The highest BCUT2D eigenvalue weighted by molar-refractivity contribution is 7.99. The van der Waals surface area contributed by atoms with E-state index in [2.05, 4.69) is 20.2 Å². The van der Waals surface area contributed by atoms with E-state index < -0.39 is 0 Å². The van der Waals surface area contributed by atoms with Gasteiger partial charge in [-0.15, -0.1) is 11.8 Å². The summed E-state index contributed by atoms with van der Waals surface area (Å²) in [6, 6.07) is 3.96. The van der Waals surface area contributed by atoms with Gasteiger partial charge in [-0.3, -0.25) is 9.59 Å². The Morgan fingerprint density at radius 1 is 1.19 bits per heavy atom. The molecule has 2 aliphatic heterocycles. The number of benzene rings is 1. The van der Waals surface area contributed by atoms with E-state index in [9.17, 15) is 9.59 Å². The van der Waals surface area contributed by atoms with Gasteiger partial charge < -0.3 is 24.7 Å². The smallest absolute Gasteiger partial charge is 0.258 e. The zero-order valence-corrected chi connectivity index (χ0v) is 19.6. The summed E-state index contributed by atoms with van der Waals surface area (Å²) in [7, 11) is 3.08. The molecule has 3 heterocycles. The maximum Gasteiger partial charge on any atom is 0.258 e. The quantitative estimate of drug-likeness (QED) is 0.625. The molecule has 2 aromatic rings. The molecule has 32 heavy (non-hydrogen) atoms. The zero-order chi connectivity index (χ0) is 22.5. The third-order valence-electron chi connectivity index (χ3n) is 6.52. The summed E-state index contributed by atoms with van der Waals surface area (Å²) < 4.78 is 10.6. The number of nitrogens with one attached hydrogen (secondary N) is 2. The minimum Gasteiger partial charge on any atom is -0.493 e. The topological polar surface area (TPSA) is 96.5 Å². The number of aromatic amines is 1. The van der Waals surface area contributed by atoms with Crippen molar-refractivity contribution in [1.82, 2.24) is 20.2 Å². The molecule has 0 saturated carbocycles. The number of aromatic nitrogens is 2. The van der Waals surface area contributed by atoms with Crippen molar-refractivity contribution in [1.29, 1.82) is 0 Å². The number of carbonyl (C=O) groups is 1. The molecule has 0 aliphatic carbocycles. The summed E-state index contributed by atoms with van der Waals surface area (Å²) in [6.45, 7) is 3.18. The van der Waals surface area contributed by atoms with Crippen LogP contribution in [0.3, 0.4) is 0 Å². The molecule has 2 fully saturated rings. The minimum absolute atomic E-state index is 0.0393. The van der Waals surface area contributed by atoms with Crippen molar-refractivity contribution in [2.24, 2.45) is 5.92 Å². The SMILES string of the molecule is COc1cc2nc(CSCC(=O)NC[C@H]3CCCN4CCCC[C@H]34)[nH]c(=O)c2cc1OC. The van der Waals surface area contributed by atoms with Crippen LogP contribution in [0.15, 0.2) is 16.9 Å². The molecular weight excluding hydrogens is 428 g/mol. The van der Waals surface area contributed by atoms with Crippen LogP contribution in [0.5, 0.6) is 11.5 Å². The molecule has 4 rings (SSSR count). The molecule has 2 aliphatic rings. The van der Waals surface area contributed by atoms with Crippen LogP contribution in [0.1, 0.15) is 37.9 Å². The van der Waals surface area contributed by atoms with Crippen molar-refractivity contribution in [3.05, 3.63) is 28.3 Å². The highest BCUT2D eigenvalue weighted by Crippen LogP contribution is 2.31. The van der Waals surface area contributed by atoms with Crippen molar-refractivity contribution in [3.8, 4) is 11.5 Å². The number of fused-ring (bicyclic) bond motifs is 2. The summed E-state index contributed by atoms with van der Waals surface area (Å²) >= 11 is 1.45. The number of ether oxygens (including phenoxy) is 2. The fraction of sp³-hybridized carbons (Fsp3) is 0.609. The van der Waals surface area contributed by atoms with E-state index in [1.165, 1.54) is 64.1 Å². The number of hydrogen-bond acceptors (Lipinski definition) is 7. The second kappa shape index (κ2) is 10.6. The maximum atomic E-state index is 12.5. The summed E-state index contributed by atoms with van der Waals surface area (Å²) in [5, 5.41) is 3.57. The van der Waals surface area contributed by atoms with Crippen molar-refractivity contribution in [2.75, 3.05) is 39.6 Å². The molecule has 1 aromatic carbocycles. The van der Waals surface area contributed by atoms with E-state index >= 15 is 0 Å². The molecule has 8 nitrogen and oxygen atoms in total. The number of H-pyrrole nitrogens is 1. The van der Waals surface area contributed by atoms with Gasteiger partial charge in [0, 0.05) is 18.7 Å². The Morgan fingerprint density at radius 3 is 2.78 bits per heavy atom. The van der Waals surface area contributed by atoms with Gasteiger partial charge in [0.15, 0.2) is 11.5 Å². The van der Waals surface area contributed by atoms with E-state index in [1.54, 1.807) is 19.2 Å². The highest BCUT2D eigenvalue weighted by atomic mass is 32.2. The Labute approximate surface area is 192 Å². The van der Waals surface area contributed by atoms with Crippen LogP contribution in [0.4, 0.5) is 0 Å². The molecular formula is C23H32N4O4S. The number of rotatable bonds is 8. The molecule has 0 unspecified atom stereocenters. The average Bonchev–Trinajstić information content (AvgIpc) is 2.82. The van der Waals surface area contributed by atoms with Gasteiger partial charge in [0.1, 0.15) is 5.82 Å². The normalized spacial score (nSPS) is 21.2. The lowest BCUT2D eigenvalue weighted by Crippen LogP contribution is -2.51. The molecule has 174 valence electrons. The summed E-state index contributed by atoms with van der Waals surface area (Å²) in [4.78, 5) is 34.8. The van der Waals surface area contributed by atoms with Gasteiger partial charge in [-0.2, -0.15) is 0 Å². The van der Waals surface area contributed by atoms with Crippen molar-refractivity contribution >= 4 is 28.6 Å². The Bertz CT molecular complexity index is 1010. The molecule has 2 atom stereocenters. The van der Waals surface area contributed by atoms with E-state index in [-0.39, 0.29) is 11.5 Å². The second-order valence-corrected chi connectivity index (χ2v) is 9.52. The van der Waals surface area contributed by atoms with Crippen molar-refractivity contribution in [2.45, 2.75) is 43.9 Å². The van der Waals surface area contributed by atoms with E-state index in [1.807, 2.05) is 0 Å². The lowest BCUT2D eigenvalue weighted by Gasteiger charge is -2.44. The highest BCUT2D eigenvalue weighted by Gasteiger charge is 2.32. The number of carbonyl (C=O) groups excluding carboxylic acids is 1.